The molecule has 3 aromatic rings. The Hall–Kier alpha value is -2.69. The lowest BCUT2D eigenvalue weighted by atomic mass is 10.1. The van der Waals surface area contributed by atoms with Crippen molar-refractivity contribution < 1.29 is 9.47 Å². The van der Waals surface area contributed by atoms with E-state index in [1.807, 2.05) is 30.5 Å². The summed E-state index contributed by atoms with van der Waals surface area (Å²) in [5, 5.41) is 11.6. The van der Waals surface area contributed by atoms with Crippen LogP contribution in [0.1, 0.15) is 18.5 Å². The van der Waals surface area contributed by atoms with Crippen molar-refractivity contribution in [3.05, 3.63) is 48.2 Å². The molecule has 1 unspecified atom stereocenters. The fraction of sp³-hybridized carbons (Fsp3) is 0.188. The summed E-state index contributed by atoms with van der Waals surface area (Å²) >= 11 is 0. The zero-order valence-electron chi connectivity index (χ0n) is 11.6. The Labute approximate surface area is 121 Å². The molecule has 0 aliphatic carbocycles. The molecule has 1 aliphatic rings. The van der Waals surface area contributed by atoms with Gasteiger partial charge in [-0.3, -0.25) is 5.10 Å². The Morgan fingerprint density at radius 1 is 1.14 bits per heavy atom. The minimum absolute atomic E-state index is 0.170. The van der Waals surface area contributed by atoms with E-state index in [9.17, 15) is 0 Å². The molecule has 2 heterocycles. The van der Waals surface area contributed by atoms with Crippen LogP contribution in [0.5, 0.6) is 11.5 Å². The van der Waals surface area contributed by atoms with Gasteiger partial charge in [-0.05, 0) is 42.8 Å². The first kappa shape index (κ1) is 12.1. The first-order chi connectivity index (χ1) is 10.3. The van der Waals surface area contributed by atoms with Gasteiger partial charge in [0.05, 0.1) is 11.7 Å². The van der Waals surface area contributed by atoms with E-state index in [4.69, 9.17) is 9.47 Å². The number of anilines is 1. The van der Waals surface area contributed by atoms with Crippen LogP contribution in [0.25, 0.3) is 10.9 Å². The molecule has 0 bridgehead atoms. The van der Waals surface area contributed by atoms with Gasteiger partial charge in [-0.15, -0.1) is 0 Å². The number of aromatic amines is 1. The summed E-state index contributed by atoms with van der Waals surface area (Å²) in [6.45, 7) is 2.43. The van der Waals surface area contributed by atoms with E-state index in [0.29, 0.717) is 6.79 Å². The average Bonchev–Trinajstić information content (AvgIpc) is 3.14. The molecular formula is C16H15N3O2. The van der Waals surface area contributed by atoms with E-state index in [2.05, 4.69) is 34.6 Å². The molecule has 1 aliphatic heterocycles. The monoisotopic (exact) mass is 281 g/mol. The van der Waals surface area contributed by atoms with E-state index in [1.165, 1.54) is 0 Å². The molecular weight excluding hydrogens is 266 g/mol. The number of H-pyrrole nitrogens is 1. The molecule has 0 spiro atoms. The van der Waals surface area contributed by atoms with Gasteiger partial charge in [0.1, 0.15) is 0 Å². The van der Waals surface area contributed by atoms with E-state index < -0.39 is 0 Å². The number of fused-ring (bicyclic) bond motifs is 2. The second-order valence-electron chi connectivity index (χ2n) is 5.15. The molecule has 4 rings (SSSR count). The molecule has 5 heteroatoms. The highest BCUT2D eigenvalue weighted by Crippen LogP contribution is 2.34. The first-order valence-electron chi connectivity index (χ1n) is 6.89. The van der Waals surface area contributed by atoms with Crippen LogP contribution in [0.2, 0.25) is 0 Å². The van der Waals surface area contributed by atoms with Crippen LogP contribution >= 0.6 is 0 Å². The molecule has 2 N–H and O–H groups in total. The Kier molecular flexibility index (Phi) is 2.70. The van der Waals surface area contributed by atoms with Crippen molar-refractivity contribution in [3.63, 3.8) is 0 Å². The van der Waals surface area contributed by atoms with Crippen LogP contribution in [-0.2, 0) is 0 Å². The molecule has 2 aromatic carbocycles. The third-order valence-electron chi connectivity index (χ3n) is 3.72. The second-order valence-corrected chi connectivity index (χ2v) is 5.15. The third-order valence-corrected chi connectivity index (χ3v) is 3.72. The minimum Gasteiger partial charge on any atom is -0.454 e. The maximum atomic E-state index is 5.42. The largest absolute Gasteiger partial charge is 0.454 e. The van der Waals surface area contributed by atoms with Gasteiger partial charge in [-0.25, -0.2) is 0 Å². The summed E-state index contributed by atoms with van der Waals surface area (Å²) < 4.78 is 10.8. The van der Waals surface area contributed by atoms with Crippen molar-refractivity contribution in [2.75, 3.05) is 12.1 Å². The number of nitrogens with zero attached hydrogens (tertiary/aromatic N) is 1. The van der Waals surface area contributed by atoms with Gasteiger partial charge in [-0.1, -0.05) is 6.07 Å². The molecule has 0 fully saturated rings. The van der Waals surface area contributed by atoms with Gasteiger partial charge >= 0.3 is 0 Å². The fourth-order valence-electron chi connectivity index (χ4n) is 2.55. The average molecular weight is 281 g/mol. The van der Waals surface area contributed by atoms with Crippen molar-refractivity contribution in [1.29, 1.82) is 0 Å². The normalized spacial score (nSPS) is 14.3. The summed E-state index contributed by atoms with van der Waals surface area (Å²) in [6.07, 6.45) is 1.83. The number of rotatable bonds is 3. The number of benzene rings is 2. The molecule has 0 amide bonds. The van der Waals surface area contributed by atoms with Crippen LogP contribution in [0.15, 0.2) is 42.6 Å². The highest BCUT2D eigenvalue weighted by Gasteiger charge is 2.15. The summed E-state index contributed by atoms with van der Waals surface area (Å²) in [6, 6.07) is 12.4. The lowest BCUT2D eigenvalue weighted by Crippen LogP contribution is -2.06. The quantitative estimate of drug-likeness (QED) is 0.772. The van der Waals surface area contributed by atoms with Crippen LogP contribution in [0.3, 0.4) is 0 Å². The number of nitrogens with one attached hydrogen (secondary N) is 2. The Morgan fingerprint density at radius 2 is 2.05 bits per heavy atom. The van der Waals surface area contributed by atoms with Gasteiger partial charge in [0.2, 0.25) is 6.79 Å². The van der Waals surface area contributed by atoms with Gasteiger partial charge in [0.25, 0.3) is 0 Å². The highest BCUT2D eigenvalue weighted by atomic mass is 16.7. The summed E-state index contributed by atoms with van der Waals surface area (Å²) in [7, 11) is 0. The second kappa shape index (κ2) is 4.70. The summed E-state index contributed by atoms with van der Waals surface area (Å²) in [5.41, 5.74) is 3.26. The molecule has 0 radical (unpaired) electrons. The van der Waals surface area contributed by atoms with Crippen molar-refractivity contribution in [2.45, 2.75) is 13.0 Å². The van der Waals surface area contributed by atoms with Crippen molar-refractivity contribution in [3.8, 4) is 11.5 Å². The standard InChI is InChI=1S/C16H15N3O2/c1-10(11-2-5-15-16(7-11)21-9-20-15)18-13-3-4-14-12(6-13)8-17-19-14/h2-8,10,18H,9H2,1H3,(H,17,19). The molecule has 1 atom stereocenters. The molecule has 5 nitrogen and oxygen atoms in total. The highest BCUT2D eigenvalue weighted by molar-refractivity contribution is 5.81. The van der Waals surface area contributed by atoms with Crippen LogP contribution < -0.4 is 14.8 Å². The van der Waals surface area contributed by atoms with E-state index in [-0.39, 0.29) is 6.04 Å². The van der Waals surface area contributed by atoms with Crippen molar-refractivity contribution >= 4 is 16.6 Å². The van der Waals surface area contributed by atoms with Crippen molar-refractivity contribution in [1.82, 2.24) is 10.2 Å². The summed E-state index contributed by atoms with van der Waals surface area (Å²) in [5.74, 6) is 1.62. The van der Waals surface area contributed by atoms with E-state index >= 15 is 0 Å². The predicted molar refractivity (Wildman–Crippen MR) is 80.7 cm³/mol. The third kappa shape index (κ3) is 2.16. The Morgan fingerprint density at radius 3 is 3.00 bits per heavy atom. The molecule has 0 saturated heterocycles. The predicted octanol–water partition coefficient (Wildman–Crippen LogP) is 3.46. The van der Waals surface area contributed by atoms with Crippen LogP contribution in [-0.4, -0.2) is 17.0 Å². The zero-order valence-corrected chi connectivity index (χ0v) is 11.6. The molecule has 0 saturated carbocycles. The fourth-order valence-corrected chi connectivity index (χ4v) is 2.55. The number of hydrogen-bond donors (Lipinski definition) is 2. The molecule has 21 heavy (non-hydrogen) atoms. The topological polar surface area (TPSA) is 59.2 Å². The Balaban J connectivity index is 1.58. The van der Waals surface area contributed by atoms with Gasteiger partial charge in [0.15, 0.2) is 11.5 Å². The SMILES string of the molecule is CC(Nc1ccc2[nH]ncc2c1)c1ccc2c(c1)OCO2. The lowest BCUT2D eigenvalue weighted by molar-refractivity contribution is 0.174. The molecule has 1 aromatic heterocycles. The summed E-state index contributed by atoms with van der Waals surface area (Å²) in [4.78, 5) is 0. The molecule has 106 valence electrons. The smallest absolute Gasteiger partial charge is 0.231 e. The number of aromatic nitrogens is 2. The van der Waals surface area contributed by atoms with Gasteiger partial charge < -0.3 is 14.8 Å². The van der Waals surface area contributed by atoms with E-state index in [0.717, 1.165) is 33.7 Å². The first-order valence-corrected chi connectivity index (χ1v) is 6.89. The minimum atomic E-state index is 0.170. The van der Waals surface area contributed by atoms with Gasteiger partial charge in [-0.2, -0.15) is 5.10 Å². The number of ether oxygens (including phenoxy) is 2. The van der Waals surface area contributed by atoms with Gasteiger partial charge in [0, 0.05) is 17.1 Å². The lowest BCUT2D eigenvalue weighted by Gasteiger charge is -2.16. The number of hydrogen-bond acceptors (Lipinski definition) is 4. The van der Waals surface area contributed by atoms with Crippen molar-refractivity contribution in [2.24, 2.45) is 0 Å². The Bertz CT molecular complexity index is 797. The van der Waals surface area contributed by atoms with Crippen LogP contribution in [0, 0.1) is 0 Å². The zero-order chi connectivity index (χ0) is 14.2. The van der Waals surface area contributed by atoms with E-state index in [1.54, 1.807) is 0 Å². The maximum absolute atomic E-state index is 5.42. The van der Waals surface area contributed by atoms with Crippen LogP contribution in [0.4, 0.5) is 5.69 Å². The maximum Gasteiger partial charge on any atom is 0.231 e.